The van der Waals surface area contributed by atoms with E-state index in [1.807, 2.05) is 11.3 Å². The van der Waals surface area contributed by atoms with Crippen LogP contribution in [0.4, 0.5) is 0 Å². The van der Waals surface area contributed by atoms with Crippen molar-refractivity contribution in [2.75, 3.05) is 7.11 Å². The molecular formula is C19H14OSSe2. The SMILES string of the molecule is COc1ccc(-c2[se]c3sccc3c2[Se]c2ccccc2)cc1. The van der Waals surface area contributed by atoms with Gasteiger partial charge >= 0.3 is 152 Å². The molecule has 0 aliphatic rings. The molecule has 1 nitrogen and oxygen atoms in total. The van der Waals surface area contributed by atoms with Gasteiger partial charge in [-0.2, -0.15) is 0 Å². The molecule has 0 saturated carbocycles. The maximum atomic E-state index is 5.30. The van der Waals surface area contributed by atoms with E-state index in [1.54, 1.807) is 19.6 Å². The zero-order chi connectivity index (χ0) is 15.6. The van der Waals surface area contributed by atoms with Crippen LogP contribution in [0.5, 0.6) is 5.75 Å². The van der Waals surface area contributed by atoms with E-state index in [0.717, 1.165) is 5.75 Å². The van der Waals surface area contributed by atoms with Crippen LogP contribution in [0.15, 0.2) is 66.0 Å². The molecule has 114 valence electrons. The van der Waals surface area contributed by atoms with Gasteiger partial charge in [-0.05, 0) is 0 Å². The standard InChI is InChI=1S/C19H14OSSe2/c1-20-14-9-7-13(8-10-14)17-18(16-11-12-21-19(16)23-17)22-15-5-3-2-4-6-15/h2-12H,1H3. The molecular weight excluding hydrogens is 434 g/mol. The summed E-state index contributed by atoms with van der Waals surface area (Å²) in [5, 5.41) is 3.72. The van der Waals surface area contributed by atoms with Gasteiger partial charge in [-0.15, -0.1) is 0 Å². The van der Waals surface area contributed by atoms with Crippen LogP contribution in [0.3, 0.4) is 0 Å². The van der Waals surface area contributed by atoms with E-state index in [0.29, 0.717) is 29.5 Å². The van der Waals surface area contributed by atoms with Crippen LogP contribution in [0.2, 0.25) is 0 Å². The first-order valence-corrected chi connectivity index (χ1v) is 11.5. The first-order valence-electron chi connectivity index (χ1n) is 7.22. The van der Waals surface area contributed by atoms with Gasteiger partial charge in [0.1, 0.15) is 0 Å². The Labute approximate surface area is 151 Å². The van der Waals surface area contributed by atoms with Crippen molar-refractivity contribution in [3.63, 3.8) is 0 Å². The number of ether oxygens (including phenoxy) is 1. The zero-order valence-corrected chi connectivity index (χ0v) is 16.7. The number of rotatable bonds is 4. The second kappa shape index (κ2) is 6.68. The van der Waals surface area contributed by atoms with Gasteiger partial charge in [0.15, 0.2) is 0 Å². The van der Waals surface area contributed by atoms with Gasteiger partial charge in [0.25, 0.3) is 0 Å². The van der Waals surface area contributed by atoms with Gasteiger partial charge in [-0.3, -0.25) is 0 Å². The van der Waals surface area contributed by atoms with Crippen LogP contribution in [0.25, 0.3) is 19.0 Å². The molecule has 2 heterocycles. The van der Waals surface area contributed by atoms with Crippen LogP contribution < -0.4 is 13.7 Å². The Bertz CT molecular complexity index is 923. The fraction of sp³-hybridized carbons (Fsp3) is 0.0526. The number of thiophene rings is 1. The summed E-state index contributed by atoms with van der Waals surface area (Å²) in [4.78, 5) is 0. The maximum absolute atomic E-state index is 5.30. The Morgan fingerprint density at radius 2 is 1.74 bits per heavy atom. The third-order valence-electron chi connectivity index (χ3n) is 3.59. The molecule has 0 bridgehead atoms. The quantitative estimate of drug-likeness (QED) is 0.436. The molecule has 0 N–H and O–H groups in total. The molecule has 4 aromatic rings. The van der Waals surface area contributed by atoms with Gasteiger partial charge in [0.05, 0.1) is 0 Å². The van der Waals surface area contributed by atoms with Crippen molar-refractivity contribution in [3.8, 4) is 15.8 Å². The fourth-order valence-corrected chi connectivity index (χ4v) is 9.66. The van der Waals surface area contributed by atoms with E-state index in [9.17, 15) is 0 Å². The van der Waals surface area contributed by atoms with Crippen molar-refractivity contribution in [2.45, 2.75) is 0 Å². The topological polar surface area (TPSA) is 9.23 Å². The average molecular weight is 448 g/mol. The predicted octanol–water partition coefficient (Wildman–Crippen LogP) is 3.29. The number of benzene rings is 2. The monoisotopic (exact) mass is 450 g/mol. The molecule has 0 fully saturated rings. The number of hydrogen-bond donors (Lipinski definition) is 0. The molecule has 4 heteroatoms. The third-order valence-corrected chi connectivity index (χ3v) is 10.6. The summed E-state index contributed by atoms with van der Waals surface area (Å²) >= 11 is 2.68. The Kier molecular flexibility index (Phi) is 4.43. The Balaban J connectivity index is 1.82. The first kappa shape index (κ1) is 15.3. The molecule has 0 radical (unpaired) electrons. The van der Waals surface area contributed by atoms with E-state index in [4.69, 9.17) is 4.74 Å². The second-order valence-corrected chi connectivity index (χ2v) is 10.9. The Hall–Kier alpha value is -1.28. The fourth-order valence-electron chi connectivity index (χ4n) is 2.44. The zero-order valence-electron chi connectivity index (χ0n) is 12.5. The van der Waals surface area contributed by atoms with Crippen LogP contribution in [-0.4, -0.2) is 36.6 Å². The van der Waals surface area contributed by atoms with Gasteiger partial charge < -0.3 is 0 Å². The molecule has 0 atom stereocenters. The van der Waals surface area contributed by atoms with Gasteiger partial charge in [-0.1, -0.05) is 0 Å². The van der Waals surface area contributed by atoms with Gasteiger partial charge in [0.2, 0.25) is 0 Å². The van der Waals surface area contributed by atoms with Crippen molar-refractivity contribution < 1.29 is 4.74 Å². The van der Waals surface area contributed by atoms with Crippen molar-refractivity contribution in [1.29, 1.82) is 0 Å². The molecule has 0 unspecified atom stereocenters. The predicted molar refractivity (Wildman–Crippen MR) is 102 cm³/mol. The molecule has 0 saturated heterocycles. The van der Waals surface area contributed by atoms with E-state index in [-0.39, 0.29) is 0 Å². The summed E-state index contributed by atoms with van der Waals surface area (Å²) in [6.45, 7) is 0. The Morgan fingerprint density at radius 1 is 0.957 bits per heavy atom. The van der Waals surface area contributed by atoms with Crippen LogP contribution in [0.1, 0.15) is 0 Å². The number of methoxy groups -OCH3 is 1. The second-order valence-electron chi connectivity index (χ2n) is 5.03. The molecule has 2 aromatic heterocycles. The van der Waals surface area contributed by atoms with Crippen LogP contribution in [0, 0.1) is 0 Å². The molecule has 0 aliphatic carbocycles. The normalized spacial score (nSPS) is 11.0. The van der Waals surface area contributed by atoms with Crippen molar-refractivity contribution in [2.24, 2.45) is 0 Å². The third kappa shape index (κ3) is 3.06. The number of hydrogen-bond acceptors (Lipinski definition) is 2. The van der Waals surface area contributed by atoms with E-state index < -0.39 is 0 Å². The minimum absolute atomic E-state index is 0.352. The van der Waals surface area contributed by atoms with Crippen LogP contribution >= 0.6 is 11.3 Å². The van der Waals surface area contributed by atoms with Crippen molar-refractivity contribution in [1.82, 2.24) is 0 Å². The summed E-state index contributed by atoms with van der Waals surface area (Å²) < 4.78 is 11.4. The van der Waals surface area contributed by atoms with E-state index in [1.165, 1.54) is 15.4 Å². The molecule has 0 amide bonds. The number of fused-ring (bicyclic) bond motifs is 1. The van der Waals surface area contributed by atoms with Crippen LogP contribution in [-0.2, 0) is 0 Å². The summed E-state index contributed by atoms with van der Waals surface area (Å²) in [6, 6.07) is 21.7. The summed E-state index contributed by atoms with van der Waals surface area (Å²) in [7, 11) is 1.72. The van der Waals surface area contributed by atoms with E-state index in [2.05, 4.69) is 66.0 Å². The molecule has 4 rings (SSSR count). The molecule has 0 spiro atoms. The first-order chi connectivity index (χ1) is 11.3. The average Bonchev–Trinajstić information content (AvgIpc) is 3.19. The van der Waals surface area contributed by atoms with Gasteiger partial charge in [-0.25, -0.2) is 0 Å². The summed E-state index contributed by atoms with van der Waals surface area (Å²) in [5.74, 6) is 0.921. The Morgan fingerprint density at radius 3 is 2.48 bits per heavy atom. The van der Waals surface area contributed by atoms with Crippen molar-refractivity contribution in [3.05, 3.63) is 66.0 Å². The molecule has 23 heavy (non-hydrogen) atoms. The van der Waals surface area contributed by atoms with E-state index >= 15 is 0 Å². The van der Waals surface area contributed by atoms with Gasteiger partial charge in [0, 0.05) is 0 Å². The van der Waals surface area contributed by atoms with Crippen molar-refractivity contribution >= 4 is 58.7 Å². The molecule has 0 aliphatic heterocycles. The summed E-state index contributed by atoms with van der Waals surface area (Å²) in [6.07, 6.45) is 0. The molecule has 2 aromatic carbocycles. The summed E-state index contributed by atoms with van der Waals surface area (Å²) in [5.41, 5.74) is 1.35. The minimum atomic E-state index is 0.352.